The Morgan fingerprint density at radius 3 is 1.76 bits per heavy atom. The van der Waals surface area contributed by atoms with Crippen molar-refractivity contribution in [3.63, 3.8) is 0 Å². The first kappa shape index (κ1) is 45.3. The molecule has 1 fully saturated rings. The average Bonchev–Trinajstić information content (AvgIpc) is 3.11. The first-order chi connectivity index (χ1) is 25.6. The molecule has 302 valence electrons. The van der Waals surface area contributed by atoms with Crippen LogP contribution in [0.1, 0.15) is 58.4 Å². The molecule has 0 aliphatic carbocycles. The van der Waals surface area contributed by atoms with E-state index < -0.39 is 90.4 Å². The second kappa shape index (κ2) is 23.0. The average molecular weight is 763 g/mol. The number of nitrogens with two attached hydrogens (primary N) is 3. The Hall–Kier alpha value is -4.85. The van der Waals surface area contributed by atoms with Crippen molar-refractivity contribution < 1.29 is 43.8 Å². The van der Waals surface area contributed by atoms with Gasteiger partial charge in [-0.1, -0.05) is 44.2 Å². The summed E-state index contributed by atoms with van der Waals surface area (Å²) in [5, 5.41) is 36.1. The summed E-state index contributed by atoms with van der Waals surface area (Å²) in [6.45, 7) is 4.19. The van der Waals surface area contributed by atoms with Crippen molar-refractivity contribution in [1.29, 1.82) is 0 Å². The van der Waals surface area contributed by atoms with Gasteiger partial charge in [0.1, 0.15) is 36.3 Å². The molecular weight excluding hydrogens is 704 g/mol. The van der Waals surface area contributed by atoms with Crippen LogP contribution < -0.4 is 49.1 Å². The summed E-state index contributed by atoms with van der Waals surface area (Å²) in [4.78, 5) is 95.2. The van der Waals surface area contributed by atoms with Gasteiger partial charge in [-0.25, -0.2) is 4.79 Å². The number of carboxylic acid groups (broad SMARTS) is 1. The van der Waals surface area contributed by atoms with Crippen molar-refractivity contribution in [1.82, 2.24) is 36.8 Å². The highest BCUT2D eigenvalue weighted by atomic mass is 16.4. The second-order valence-electron chi connectivity index (χ2n) is 13.7. The van der Waals surface area contributed by atoms with Crippen molar-refractivity contribution in [2.24, 2.45) is 23.1 Å². The van der Waals surface area contributed by atoms with E-state index >= 15 is 0 Å². The molecule has 0 unspecified atom stereocenters. The molecule has 54 heavy (non-hydrogen) atoms. The van der Waals surface area contributed by atoms with Crippen molar-refractivity contribution in [2.45, 2.75) is 102 Å². The first-order valence-electron chi connectivity index (χ1n) is 18.2. The molecule has 19 heteroatoms. The van der Waals surface area contributed by atoms with Gasteiger partial charge in [-0.15, -0.1) is 0 Å². The van der Waals surface area contributed by atoms with E-state index in [1.807, 2.05) is 13.8 Å². The third kappa shape index (κ3) is 14.5. The number of rotatable bonds is 12. The first-order valence-corrected chi connectivity index (χ1v) is 18.2. The summed E-state index contributed by atoms with van der Waals surface area (Å²) in [5.74, 6) is -4.94. The summed E-state index contributed by atoms with van der Waals surface area (Å²) in [5.41, 5.74) is 17.9. The highest BCUT2D eigenvalue weighted by molar-refractivity contribution is 5.97. The fraction of sp³-hybridized carbons (Fsp3) is 0.629. The molecule has 14 N–H and O–H groups in total. The summed E-state index contributed by atoms with van der Waals surface area (Å²) in [7, 11) is 0. The minimum absolute atomic E-state index is 0.0241. The van der Waals surface area contributed by atoms with E-state index in [1.54, 1.807) is 30.3 Å². The van der Waals surface area contributed by atoms with Crippen LogP contribution >= 0.6 is 0 Å². The number of amides is 7. The van der Waals surface area contributed by atoms with Crippen LogP contribution in [0.25, 0.3) is 0 Å². The number of aliphatic hydroxyl groups excluding tert-OH is 1. The van der Waals surface area contributed by atoms with Gasteiger partial charge in [-0.3, -0.25) is 33.7 Å². The van der Waals surface area contributed by atoms with Crippen molar-refractivity contribution >= 4 is 41.5 Å². The monoisotopic (exact) mass is 762 g/mol. The smallest absolute Gasteiger partial charge is 0.408 e. The van der Waals surface area contributed by atoms with Crippen LogP contribution in [-0.2, 0) is 35.2 Å². The van der Waals surface area contributed by atoms with Crippen LogP contribution in [0.5, 0.6) is 0 Å². The van der Waals surface area contributed by atoms with E-state index in [9.17, 15) is 43.8 Å². The molecule has 1 aromatic carbocycles. The van der Waals surface area contributed by atoms with Crippen LogP contribution in [0.15, 0.2) is 30.3 Å². The standard InChI is InChI=1S/C35H58N10O9/c1-20(2)18-25-31(49)41-23(11-14-37)29(47)40-24(12-15-38)30(48)44-28(21(3)46)34(52)39-16-17-45(35(53)54)27(10-7-13-36)33(51)43-26(32(50)42-25)19-22-8-5-4-6-9-22/h4-6,8-9,20-21,23-28,46H,7,10-19,36-38H2,1-3H3,(H,39,52)(H,40,47)(H,41,49)(H,42,50)(H,43,51)(H,44,48)(H,53,54)/t21-,23+,24+,25+,26-,27+,28+/m1/s1. The molecule has 2 rings (SSSR count). The second-order valence-corrected chi connectivity index (χ2v) is 13.7. The number of nitrogens with one attached hydrogen (secondary N) is 6. The lowest BCUT2D eigenvalue weighted by Crippen LogP contribution is -2.60. The zero-order chi connectivity index (χ0) is 40.4. The van der Waals surface area contributed by atoms with Crippen LogP contribution in [0, 0.1) is 5.92 Å². The van der Waals surface area contributed by atoms with Crippen molar-refractivity contribution in [2.75, 3.05) is 32.7 Å². The Morgan fingerprint density at radius 2 is 1.24 bits per heavy atom. The predicted octanol–water partition coefficient (Wildman–Crippen LogP) is -3.01. The Bertz CT molecular complexity index is 1410. The maximum absolute atomic E-state index is 14.0. The summed E-state index contributed by atoms with van der Waals surface area (Å²) < 4.78 is 0. The molecule has 0 radical (unpaired) electrons. The molecule has 1 aromatic rings. The van der Waals surface area contributed by atoms with E-state index in [1.165, 1.54) is 6.92 Å². The fourth-order valence-electron chi connectivity index (χ4n) is 5.91. The minimum Gasteiger partial charge on any atom is -0.465 e. The molecule has 7 amide bonds. The number of hydrogen-bond donors (Lipinski definition) is 11. The Labute approximate surface area is 315 Å². The minimum atomic E-state index is -1.54. The molecule has 0 saturated carbocycles. The van der Waals surface area contributed by atoms with E-state index in [0.29, 0.717) is 5.56 Å². The fourth-order valence-corrected chi connectivity index (χ4v) is 5.91. The van der Waals surface area contributed by atoms with Gasteiger partial charge in [0.25, 0.3) is 0 Å². The number of benzene rings is 1. The summed E-state index contributed by atoms with van der Waals surface area (Å²) in [6.07, 6.45) is -2.75. The number of nitrogens with zero attached hydrogens (tertiary/aromatic N) is 1. The maximum Gasteiger partial charge on any atom is 0.408 e. The third-order valence-electron chi connectivity index (χ3n) is 8.75. The van der Waals surface area contributed by atoms with E-state index in [4.69, 9.17) is 17.2 Å². The maximum atomic E-state index is 14.0. The topological polar surface area (TPSA) is 313 Å². The van der Waals surface area contributed by atoms with Gasteiger partial charge in [0.2, 0.25) is 35.4 Å². The molecule has 19 nitrogen and oxygen atoms in total. The molecule has 1 aliphatic heterocycles. The molecular formula is C35H58N10O9. The number of aliphatic hydroxyl groups is 1. The molecule has 7 atom stereocenters. The van der Waals surface area contributed by atoms with E-state index in [-0.39, 0.29) is 70.6 Å². The zero-order valence-corrected chi connectivity index (χ0v) is 31.2. The number of carbonyl (C=O) groups is 7. The SMILES string of the molecule is CC(C)C[C@@H]1NC(=O)[C@@H](Cc2ccccc2)NC(=O)[C@H](CCCN)N(C(=O)O)CCNC(=O)[C@H]([C@@H](C)O)NC(=O)[C@H](CCN)NC(=O)[C@H](CCN)NC1=O. The Morgan fingerprint density at radius 1 is 0.722 bits per heavy atom. The largest absolute Gasteiger partial charge is 0.465 e. The zero-order valence-electron chi connectivity index (χ0n) is 31.2. The highest BCUT2D eigenvalue weighted by Crippen LogP contribution is 2.13. The molecule has 1 saturated heterocycles. The summed E-state index contributed by atoms with van der Waals surface area (Å²) in [6, 6.07) is 0.835. The normalized spacial score (nSPS) is 24.9. The van der Waals surface area contributed by atoms with Crippen LogP contribution in [0.3, 0.4) is 0 Å². The van der Waals surface area contributed by atoms with Gasteiger partial charge in [0.15, 0.2) is 0 Å². The van der Waals surface area contributed by atoms with Gasteiger partial charge in [-0.2, -0.15) is 0 Å². The van der Waals surface area contributed by atoms with Crippen molar-refractivity contribution in [3.8, 4) is 0 Å². The lowest BCUT2D eigenvalue weighted by Gasteiger charge is -2.31. The number of hydrogen-bond acceptors (Lipinski definition) is 11. The quantitative estimate of drug-likeness (QED) is 0.102. The van der Waals surface area contributed by atoms with Gasteiger partial charge in [-0.05, 0) is 70.1 Å². The number of carbonyl (C=O) groups excluding carboxylic acids is 6. The molecule has 0 aromatic heterocycles. The van der Waals surface area contributed by atoms with Crippen molar-refractivity contribution in [3.05, 3.63) is 35.9 Å². The molecule has 0 spiro atoms. The Kier molecular flexibility index (Phi) is 19.3. The van der Waals surface area contributed by atoms with Crippen LogP contribution in [-0.4, -0.2) is 132 Å². The van der Waals surface area contributed by atoms with Crippen LogP contribution in [0.4, 0.5) is 4.79 Å². The van der Waals surface area contributed by atoms with E-state index in [2.05, 4.69) is 31.9 Å². The summed E-state index contributed by atoms with van der Waals surface area (Å²) >= 11 is 0. The van der Waals surface area contributed by atoms with Gasteiger partial charge in [0.05, 0.1) is 6.10 Å². The highest BCUT2D eigenvalue weighted by Gasteiger charge is 2.36. The van der Waals surface area contributed by atoms with E-state index in [0.717, 1.165) is 4.90 Å². The third-order valence-corrected chi connectivity index (χ3v) is 8.75. The molecule has 1 aliphatic rings. The molecule has 0 bridgehead atoms. The van der Waals surface area contributed by atoms with Gasteiger partial charge in [0, 0.05) is 19.5 Å². The predicted molar refractivity (Wildman–Crippen MR) is 198 cm³/mol. The van der Waals surface area contributed by atoms with Gasteiger partial charge >= 0.3 is 6.09 Å². The van der Waals surface area contributed by atoms with Gasteiger partial charge < -0.3 is 59.3 Å². The lowest BCUT2D eigenvalue weighted by molar-refractivity contribution is -0.136. The molecule has 1 heterocycles. The van der Waals surface area contributed by atoms with Crippen LogP contribution in [0.2, 0.25) is 0 Å². The Balaban J connectivity index is 2.67. The lowest BCUT2D eigenvalue weighted by atomic mass is 10.00.